The fourth-order valence-corrected chi connectivity index (χ4v) is 4.57. The van der Waals surface area contributed by atoms with Crippen LogP contribution in [0.2, 0.25) is 0 Å². The molecule has 0 heterocycles. The Labute approximate surface area is 211 Å². The zero-order chi connectivity index (χ0) is 27.4. The van der Waals surface area contributed by atoms with Crippen LogP contribution in [-0.4, -0.2) is 42.9 Å². The molecule has 0 atom stereocenters. The van der Waals surface area contributed by atoms with Crippen LogP contribution in [0.4, 0.5) is 13.2 Å². The number of rotatable bonds is 9. The van der Waals surface area contributed by atoms with Crippen molar-refractivity contribution < 1.29 is 47.9 Å². The van der Waals surface area contributed by atoms with Gasteiger partial charge in [-0.3, -0.25) is 4.28 Å². The number of oxime groups is 1. The number of hydrogen-bond donors (Lipinski definition) is 0. The number of alkyl halides is 3. The fraction of sp³-hybridized carbons (Fsp3) is 0.174. The zero-order valence-corrected chi connectivity index (χ0v) is 21.1. The molecule has 0 aliphatic rings. The first kappa shape index (κ1) is 27.8. The number of hydrogen-bond acceptors (Lipinski definition) is 9. The SMILES string of the molecule is COc1ccc(C(=NOS(=O)(=O)c2ccc(OS(=O)(=O)c3ccc(C)cc3)c(OC)c2)C(F)(F)F)cc1. The molecule has 9 nitrogen and oxygen atoms in total. The molecule has 198 valence electrons. The highest BCUT2D eigenvalue weighted by Gasteiger charge is 2.38. The monoisotopic (exact) mass is 559 g/mol. The lowest BCUT2D eigenvalue weighted by Gasteiger charge is -2.13. The number of benzene rings is 3. The van der Waals surface area contributed by atoms with E-state index in [1.807, 2.05) is 0 Å². The van der Waals surface area contributed by atoms with Gasteiger partial charge in [0.2, 0.25) is 0 Å². The number of halogens is 3. The van der Waals surface area contributed by atoms with Crippen LogP contribution in [-0.2, 0) is 24.5 Å². The summed E-state index contributed by atoms with van der Waals surface area (Å²) in [5, 5.41) is 2.85. The van der Waals surface area contributed by atoms with Gasteiger partial charge < -0.3 is 13.7 Å². The summed E-state index contributed by atoms with van der Waals surface area (Å²) >= 11 is 0. The van der Waals surface area contributed by atoms with Crippen molar-refractivity contribution in [2.45, 2.75) is 22.9 Å². The fourth-order valence-electron chi connectivity index (χ4n) is 2.89. The Balaban J connectivity index is 1.90. The smallest absolute Gasteiger partial charge is 0.437 e. The molecule has 0 spiro atoms. The van der Waals surface area contributed by atoms with E-state index in [0.29, 0.717) is 0 Å². The average Bonchev–Trinajstić information content (AvgIpc) is 2.84. The molecule has 14 heteroatoms. The van der Waals surface area contributed by atoms with Crippen LogP contribution < -0.4 is 13.7 Å². The Bertz CT molecular complexity index is 1500. The van der Waals surface area contributed by atoms with Crippen LogP contribution in [0.15, 0.2) is 81.7 Å². The molecule has 0 radical (unpaired) electrons. The third kappa shape index (κ3) is 6.71. The van der Waals surface area contributed by atoms with Gasteiger partial charge in [0.05, 0.1) is 14.2 Å². The number of ether oxygens (including phenoxy) is 2. The zero-order valence-electron chi connectivity index (χ0n) is 19.5. The lowest BCUT2D eigenvalue weighted by atomic mass is 10.1. The van der Waals surface area contributed by atoms with Gasteiger partial charge in [0, 0.05) is 11.6 Å². The summed E-state index contributed by atoms with van der Waals surface area (Å²) < 4.78 is 110. The van der Waals surface area contributed by atoms with E-state index in [1.165, 1.54) is 31.4 Å². The van der Waals surface area contributed by atoms with Gasteiger partial charge in [-0.1, -0.05) is 22.9 Å². The van der Waals surface area contributed by atoms with Gasteiger partial charge in [0.1, 0.15) is 15.5 Å². The van der Waals surface area contributed by atoms with Crippen molar-refractivity contribution in [2.24, 2.45) is 5.16 Å². The summed E-state index contributed by atoms with van der Waals surface area (Å²) in [6.45, 7) is 1.76. The number of aryl methyl sites for hydroxylation is 1. The molecule has 0 saturated heterocycles. The lowest BCUT2D eigenvalue weighted by molar-refractivity contribution is -0.0597. The molecule has 37 heavy (non-hydrogen) atoms. The van der Waals surface area contributed by atoms with Crippen molar-refractivity contribution in [3.63, 3.8) is 0 Å². The highest BCUT2D eigenvalue weighted by Crippen LogP contribution is 2.33. The molecule has 3 aromatic rings. The van der Waals surface area contributed by atoms with E-state index in [9.17, 15) is 30.0 Å². The predicted molar refractivity (Wildman–Crippen MR) is 126 cm³/mol. The van der Waals surface area contributed by atoms with Gasteiger partial charge in [-0.15, -0.1) is 0 Å². The topological polar surface area (TPSA) is 118 Å². The minimum atomic E-state index is -5.05. The van der Waals surface area contributed by atoms with Gasteiger partial charge in [-0.25, -0.2) is 0 Å². The minimum absolute atomic E-state index is 0.160. The van der Waals surface area contributed by atoms with Crippen LogP contribution in [0.25, 0.3) is 0 Å². The molecule has 3 aromatic carbocycles. The van der Waals surface area contributed by atoms with Crippen LogP contribution in [0.3, 0.4) is 0 Å². The molecule has 3 rings (SSSR count). The maximum absolute atomic E-state index is 13.5. The molecule has 0 saturated carbocycles. The van der Waals surface area contributed by atoms with E-state index in [2.05, 4.69) is 9.44 Å². The Hall–Kier alpha value is -3.78. The molecular formula is C23H20F3NO8S2. The maximum Gasteiger partial charge on any atom is 0.437 e. The van der Waals surface area contributed by atoms with Crippen LogP contribution in [0, 0.1) is 6.92 Å². The highest BCUT2D eigenvalue weighted by atomic mass is 32.2. The molecule has 0 aliphatic carbocycles. The summed E-state index contributed by atoms with van der Waals surface area (Å²) in [6, 6.07) is 12.9. The first-order valence-corrected chi connectivity index (χ1v) is 13.0. The second-order valence-corrected chi connectivity index (χ2v) is 10.4. The second kappa shape index (κ2) is 10.7. The van der Waals surface area contributed by atoms with Gasteiger partial charge >= 0.3 is 26.4 Å². The van der Waals surface area contributed by atoms with E-state index >= 15 is 0 Å². The van der Waals surface area contributed by atoms with E-state index in [1.54, 1.807) is 19.1 Å². The highest BCUT2D eigenvalue weighted by molar-refractivity contribution is 7.87. The molecular weight excluding hydrogens is 539 g/mol. The standard InChI is InChI=1S/C23H20F3NO8S2/c1-15-4-10-18(11-5-15)36(28,29)34-20-13-12-19(14-21(20)33-3)37(30,31)35-27-22(23(24,25)26)16-6-8-17(32-2)9-7-16/h4-14H,1-3H3. The van der Waals surface area contributed by atoms with Crippen molar-refractivity contribution in [3.8, 4) is 17.2 Å². The van der Waals surface area contributed by atoms with E-state index in [-0.39, 0.29) is 22.1 Å². The van der Waals surface area contributed by atoms with Gasteiger partial charge in [-0.05, 0) is 55.5 Å². The first-order valence-electron chi connectivity index (χ1n) is 10.2. The van der Waals surface area contributed by atoms with Crippen molar-refractivity contribution in [1.82, 2.24) is 0 Å². The van der Waals surface area contributed by atoms with E-state index in [0.717, 1.165) is 43.0 Å². The van der Waals surface area contributed by atoms with Crippen LogP contribution in [0.1, 0.15) is 11.1 Å². The van der Waals surface area contributed by atoms with Crippen LogP contribution >= 0.6 is 0 Å². The summed E-state index contributed by atoms with van der Waals surface area (Å²) in [6.07, 6.45) is -5.05. The first-order chi connectivity index (χ1) is 17.3. The minimum Gasteiger partial charge on any atom is -0.497 e. The Morgan fingerprint density at radius 2 is 1.35 bits per heavy atom. The van der Waals surface area contributed by atoms with Gasteiger partial charge in [-0.2, -0.15) is 30.0 Å². The largest absolute Gasteiger partial charge is 0.497 e. The molecule has 0 bridgehead atoms. The number of methoxy groups -OCH3 is 2. The normalized spacial score (nSPS) is 12.6. The molecule has 0 fully saturated rings. The third-order valence-electron chi connectivity index (χ3n) is 4.79. The van der Waals surface area contributed by atoms with E-state index < -0.39 is 42.6 Å². The van der Waals surface area contributed by atoms with Gasteiger partial charge in [0.15, 0.2) is 17.2 Å². The molecule has 0 aliphatic heterocycles. The maximum atomic E-state index is 13.5. The molecule has 0 N–H and O–H groups in total. The Morgan fingerprint density at radius 1 is 0.757 bits per heavy atom. The van der Waals surface area contributed by atoms with Gasteiger partial charge in [0.25, 0.3) is 0 Å². The quantitative estimate of drug-likeness (QED) is 0.214. The lowest BCUT2D eigenvalue weighted by Crippen LogP contribution is -2.25. The summed E-state index contributed by atoms with van der Waals surface area (Å²) in [4.78, 5) is -0.822. The Kier molecular flexibility index (Phi) is 8.03. The molecule has 0 amide bonds. The second-order valence-electron chi connectivity index (χ2n) is 7.36. The summed E-state index contributed by atoms with van der Waals surface area (Å²) in [5.74, 6) is -0.423. The van der Waals surface area contributed by atoms with Crippen molar-refractivity contribution in [1.29, 1.82) is 0 Å². The third-order valence-corrected chi connectivity index (χ3v) is 7.14. The van der Waals surface area contributed by atoms with Crippen molar-refractivity contribution in [3.05, 3.63) is 77.9 Å². The predicted octanol–water partition coefficient (Wildman–Crippen LogP) is 4.45. The van der Waals surface area contributed by atoms with Crippen LogP contribution in [0.5, 0.6) is 17.2 Å². The van der Waals surface area contributed by atoms with Crippen molar-refractivity contribution >= 4 is 25.9 Å². The average molecular weight is 560 g/mol. The Morgan fingerprint density at radius 3 is 1.89 bits per heavy atom. The summed E-state index contributed by atoms with van der Waals surface area (Å²) in [5.41, 5.74) is -1.25. The summed E-state index contributed by atoms with van der Waals surface area (Å²) in [7, 11) is -6.75. The van der Waals surface area contributed by atoms with Crippen molar-refractivity contribution in [2.75, 3.05) is 14.2 Å². The number of nitrogens with zero attached hydrogens (tertiary/aromatic N) is 1. The molecule has 0 aromatic heterocycles. The molecule has 0 unspecified atom stereocenters. The van der Waals surface area contributed by atoms with E-state index in [4.69, 9.17) is 13.7 Å².